The summed E-state index contributed by atoms with van der Waals surface area (Å²) in [6.07, 6.45) is 2.04. The van der Waals surface area contributed by atoms with Gasteiger partial charge >= 0.3 is 0 Å². The number of benzene rings is 2. The Hall–Kier alpha value is -3.35. The summed E-state index contributed by atoms with van der Waals surface area (Å²) < 4.78 is 5.17. The molecular formula is C23H27N3O4. The Labute approximate surface area is 176 Å². The van der Waals surface area contributed by atoms with E-state index in [2.05, 4.69) is 10.6 Å². The van der Waals surface area contributed by atoms with E-state index in [4.69, 9.17) is 4.74 Å². The number of rotatable bonds is 7. The summed E-state index contributed by atoms with van der Waals surface area (Å²) in [5.74, 6) is 0.107. The molecule has 2 N–H and O–H groups in total. The summed E-state index contributed by atoms with van der Waals surface area (Å²) in [4.78, 5) is 39.1. The molecule has 1 heterocycles. The van der Waals surface area contributed by atoms with Crippen molar-refractivity contribution in [2.75, 3.05) is 25.5 Å². The standard InChI is InChI=1S/C23H27N3O4/c1-16(27)24-21(17-9-11-18(30-2)12-10-17)15-22(28)25-20-8-4-3-7-19(20)23(29)26-13-5-6-14-26/h3-4,7-12,21H,5-6,13-15H2,1-2H3,(H,24,27)(H,25,28)/t21-/m1/s1. The molecule has 1 aliphatic heterocycles. The number of hydrogen-bond acceptors (Lipinski definition) is 4. The molecule has 2 aromatic rings. The van der Waals surface area contributed by atoms with E-state index >= 15 is 0 Å². The number of hydrogen-bond donors (Lipinski definition) is 2. The lowest BCUT2D eigenvalue weighted by Gasteiger charge is -2.20. The molecule has 7 heteroatoms. The van der Waals surface area contributed by atoms with Crippen LogP contribution >= 0.6 is 0 Å². The summed E-state index contributed by atoms with van der Waals surface area (Å²) in [6, 6.07) is 13.7. The Morgan fingerprint density at radius 1 is 1.03 bits per heavy atom. The van der Waals surface area contributed by atoms with E-state index in [9.17, 15) is 14.4 Å². The van der Waals surface area contributed by atoms with Crippen molar-refractivity contribution in [2.45, 2.75) is 32.2 Å². The van der Waals surface area contributed by atoms with Gasteiger partial charge < -0.3 is 20.3 Å². The third-order valence-electron chi connectivity index (χ3n) is 5.11. The van der Waals surface area contributed by atoms with Crippen molar-refractivity contribution in [3.05, 3.63) is 59.7 Å². The number of amides is 3. The highest BCUT2D eigenvalue weighted by Crippen LogP contribution is 2.23. The van der Waals surface area contributed by atoms with Gasteiger partial charge in [0, 0.05) is 20.0 Å². The van der Waals surface area contributed by atoms with Gasteiger partial charge in [-0.05, 0) is 42.7 Å². The van der Waals surface area contributed by atoms with Crippen LogP contribution < -0.4 is 15.4 Å². The zero-order valence-electron chi connectivity index (χ0n) is 17.3. The van der Waals surface area contributed by atoms with Gasteiger partial charge in [0.2, 0.25) is 11.8 Å². The first-order valence-electron chi connectivity index (χ1n) is 10.1. The fraction of sp³-hybridized carbons (Fsp3) is 0.348. The van der Waals surface area contributed by atoms with E-state index in [1.165, 1.54) is 6.92 Å². The van der Waals surface area contributed by atoms with Crippen molar-refractivity contribution in [1.82, 2.24) is 10.2 Å². The number of likely N-dealkylation sites (tertiary alicyclic amines) is 1. The maximum Gasteiger partial charge on any atom is 0.255 e. The summed E-state index contributed by atoms with van der Waals surface area (Å²) in [5, 5.41) is 5.67. The van der Waals surface area contributed by atoms with Crippen molar-refractivity contribution >= 4 is 23.4 Å². The molecule has 1 aliphatic rings. The molecule has 158 valence electrons. The summed E-state index contributed by atoms with van der Waals surface area (Å²) >= 11 is 0. The SMILES string of the molecule is COc1ccc([C@@H](CC(=O)Nc2ccccc2C(=O)N2CCCC2)NC(C)=O)cc1. The molecular weight excluding hydrogens is 382 g/mol. The molecule has 30 heavy (non-hydrogen) atoms. The third-order valence-corrected chi connectivity index (χ3v) is 5.11. The number of carbonyl (C=O) groups excluding carboxylic acids is 3. The Morgan fingerprint density at radius 2 is 1.70 bits per heavy atom. The lowest BCUT2D eigenvalue weighted by Crippen LogP contribution is -2.31. The Morgan fingerprint density at radius 3 is 2.33 bits per heavy atom. The largest absolute Gasteiger partial charge is 0.497 e. The normalized spacial score (nSPS) is 14.1. The second kappa shape index (κ2) is 9.91. The number of anilines is 1. The minimum absolute atomic E-state index is 0.0398. The Balaban J connectivity index is 1.73. The van der Waals surface area contributed by atoms with Gasteiger partial charge in [-0.1, -0.05) is 24.3 Å². The predicted octanol–water partition coefficient (Wildman–Crippen LogP) is 3.14. The molecule has 0 aromatic heterocycles. The third kappa shape index (κ3) is 5.37. The highest BCUT2D eigenvalue weighted by atomic mass is 16.5. The van der Waals surface area contributed by atoms with Crippen LogP contribution in [-0.4, -0.2) is 42.8 Å². The van der Waals surface area contributed by atoms with Gasteiger partial charge in [-0.2, -0.15) is 0 Å². The minimum atomic E-state index is -0.491. The zero-order chi connectivity index (χ0) is 21.5. The molecule has 0 saturated carbocycles. The van der Waals surface area contributed by atoms with Crippen LogP contribution in [0.2, 0.25) is 0 Å². The molecule has 0 radical (unpaired) electrons. The molecule has 0 aliphatic carbocycles. The van der Waals surface area contributed by atoms with Crippen LogP contribution in [0.15, 0.2) is 48.5 Å². The molecule has 1 saturated heterocycles. The van der Waals surface area contributed by atoms with E-state index in [1.54, 1.807) is 43.5 Å². The smallest absolute Gasteiger partial charge is 0.255 e. The summed E-state index contributed by atoms with van der Waals surface area (Å²) in [5.41, 5.74) is 1.76. The monoisotopic (exact) mass is 409 g/mol. The maximum atomic E-state index is 12.8. The van der Waals surface area contributed by atoms with Gasteiger partial charge in [0.1, 0.15) is 5.75 Å². The molecule has 1 fully saturated rings. The molecule has 0 unspecified atom stereocenters. The van der Waals surface area contributed by atoms with Crippen LogP contribution in [0.5, 0.6) is 5.75 Å². The van der Waals surface area contributed by atoms with Crippen LogP contribution in [0.25, 0.3) is 0 Å². The first-order valence-corrected chi connectivity index (χ1v) is 10.1. The highest BCUT2D eigenvalue weighted by molar-refractivity contribution is 6.04. The second-order valence-electron chi connectivity index (χ2n) is 7.32. The quantitative estimate of drug-likeness (QED) is 0.735. The van der Waals surface area contributed by atoms with Crippen molar-refractivity contribution < 1.29 is 19.1 Å². The number of ether oxygens (including phenoxy) is 1. The average molecular weight is 409 g/mol. The lowest BCUT2D eigenvalue weighted by atomic mass is 10.0. The van der Waals surface area contributed by atoms with Crippen molar-refractivity contribution in [1.29, 1.82) is 0 Å². The van der Waals surface area contributed by atoms with Gasteiger partial charge in [-0.15, -0.1) is 0 Å². The van der Waals surface area contributed by atoms with Crippen LogP contribution in [0.3, 0.4) is 0 Å². The number of nitrogens with zero attached hydrogens (tertiary/aromatic N) is 1. The number of carbonyl (C=O) groups is 3. The van der Waals surface area contributed by atoms with Gasteiger partial charge in [-0.25, -0.2) is 0 Å². The summed E-state index contributed by atoms with van der Waals surface area (Å²) in [6.45, 7) is 2.89. The topological polar surface area (TPSA) is 87.7 Å². The number of methoxy groups -OCH3 is 1. The average Bonchev–Trinajstić information content (AvgIpc) is 3.28. The van der Waals surface area contributed by atoms with E-state index in [1.807, 2.05) is 17.0 Å². The second-order valence-corrected chi connectivity index (χ2v) is 7.32. The number of nitrogens with one attached hydrogen (secondary N) is 2. The fourth-order valence-corrected chi connectivity index (χ4v) is 3.59. The predicted molar refractivity (Wildman–Crippen MR) is 114 cm³/mol. The lowest BCUT2D eigenvalue weighted by molar-refractivity contribution is -0.120. The van der Waals surface area contributed by atoms with E-state index in [-0.39, 0.29) is 24.1 Å². The molecule has 0 bridgehead atoms. The van der Waals surface area contributed by atoms with Crippen molar-refractivity contribution in [2.24, 2.45) is 0 Å². The number of para-hydroxylation sites is 1. The van der Waals surface area contributed by atoms with Gasteiger partial charge in [0.25, 0.3) is 5.91 Å². The highest BCUT2D eigenvalue weighted by Gasteiger charge is 2.23. The minimum Gasteiger partial charge on any atom is -0.497 e. The molecule has 3 amide bonds. The van der Waals surface area contributed by atoms with Crippen LogP contribution in [0.4, 0.5) is 5.69 Å². The van der Waals surface area contributed by atoms with E-state index in [0.717, 1.165) is 31.5 Å². The van der Waals surface area contributed by atoms with Gasteiger partial charge in [0.15, 0.2) is 0 Å². The Bertz CT molecular complexity index is 905. The maximum absolute atomic E-state index is 12.8. The van der Waals surface area contributed by atoms with Gasteiger partial charge in [-0.3, -0.25) is 14.4 Å². The van der Waals surface area contributed by atoms with Crippen molar-refractivity contribution in [3.8, 4) is 5.75 Å². The molecule has 7 nitrogen and oxygen atoms in total. The van der Waals surface area contributed by atoms with Gasteiger partial charge in [0.05, 0.1) is 30.8 Å². The van der Waals surface area contributed by atoms with Crippen LogP contribution in [0, 0.1) is 0 Å². The first kappa shape index (κ1) is 21.4. The Kier molecular flexibility index (Phi) is 7.06. The molecule has 3 rings (SSSR count). The van der Waals surface area contributed by atoms with E-state index in [0.29, 0.717) is 17.0 Å². The molecule has 0 spiro atoms. The molecule has 1 atom stereocenters. The first-order chi connectivity index (χ1) is 14.5. The molecule has 2 aromatic carbocycles. The van der Waals surface area contributed by atoms with Crippen molar-refractivity contribution in [3.63, 3.8) is 0 Å². The summed E-state index contributed by atoms with van der Waals surface area (Å²) in [7, 11) is 1.58. The van der Waals surface area contributed by atoms with Crippen LogP contribution in [0.1, 0.15) is 48.1 Å². The van der Waals surface area contributed by atoms with Crippen LogP contribution in [-0.2, 0) is 9.59 Å². The fourth-order valence-electron chi connectivity index (χ4n) is 3.59. The zero-order valence-corrected chi connectivity index (χ0v) is 17.3. The van der Waals surface area contributed by atoms with E-state index < -0.39 is 6.04 Å².